The Morgan fingerprint density at radius 2 is 1.80 bits per heavy atom. The SMILES string of the molecule is Cc1ccc(NC(=O)N(Cc2ccc(OS(C)(=O)=O)cc2)Cc2ccco2)c(C)c1. The Morgan fingerprint density at radius 1 is 1.07 bits per heavy atom. The summed E-state index contributed by atoms with van der Waals surface area (Å²) in [6, 6.07) is 15.7. The number of hydrogen-bond acceptors (Lipinski definition) is 5. The molecule has 2 aromatic carbocycles. The van der Waals surface area contributed by atoms with E-state index in [0.29, 0.717) is 12.3 Å². The highest BCUT2D eigenvalue weighted by atomic mass is 32.2. The number of aryl methyl sites for hydroxylation is 2. The summed E-state index contributed by atoms with van der Waals surface area (Å²) >= 11 is 0. The van der Waals surface area contributed by atoms with E-state index in [4.69, 9.17) is 8.60 Å². The second-order valence-corrected chi connectivity index (χ2v) is 8.69. The number of nitrogens with one attached hydrogen (secondary N) is 1. The first-order valence-electron chi connectivity index (χ1n) is 9.33. The molecule has 7 nitrogen and oxygen atoms in total. The normalized spacial score (nSPS) is 11.2. The number of rotatable bonds is 7. The standard InChI is InChI=1S/C22H24N2O5S/c1-16-6-11-21(17(2)13-16)23-22(25)24(15-20-5-4-12-28-20)14-18-7-9-19(10-8-18)29-30(3,26)27/h4-13H,14-15H2,1-3H3,(H,23,25). The molecule has 1 heterocycles. The first kappa shape index (κ1) is 21.4. The monoisotopic (exact) mass is 428 g/mol. The second kappa shape index (κ2) is 9.04. The van der Waals surface area contributed by atoms with E-state index in [1.54, 1.807) is 47.6 Å². The molecule has 0 aliphatic rings. The third kappa shape index (κ3) is 6.12. The minimum absolute atomic E-state index is 0.221. The Kier molecular flexibility index (Phi) is 6.47. The van der Waals surface area contributed by atoms with Gasteiger partial charge in [-0.15, -0.1) is 0 Å². The summed E-state index contributed by atoms with van der Waals surface area (Å²) in [6.07, 6.45) is 2.55. The molecule has 158 valence electrons. The zero-order chi connectivity index (χ0) is 21.7. The van der Waals surface area contributed by atoms with E-state index in [1.807, 2.05) is 32.0 Å². The fourth-order valence-electron chi connectivity index (χ4n) is 2.98. The lowest BCUT2D eigenvalue weighted by molar-refractivity contribution is 0.201. The van der Waals surface area contributed by atoms with Gasteiger partial charge in [-0.25, -0.2) is 4.79 Å². The zero-order valence-electron chi connectivity index (χ0n) is 17.1. The molecule has 0 unspecified atom stereocenters. The number of hydrogen-bond donors (Lipinski definition) is 1. The maximum atomic E-state index is 13.0. The number of benzene rings is 2. The fraction of sp³-hybridized carbons (Fsp3) is 0.227. The number of urea groups is 1. The van der Waals surface area contributed by atoms with Crippen molar-refractivity contribution in [3.63, 3.8) is 0 Å². The van der Waals surface area contributed by atoms with Crippen LogP contribution in [0.15, 0.2) is 65.3 Å². The number of carbonyl (C=O) groups is 1. The highest BCUT2D eigenvalue weighted by molar-refractivity contribution is 7.86. The lowest BCUT2D eigenvalue weighted by atomic mass is 10.1. The van der Waals surface area contributed by atoms with Gasteiger partial charge < -0.3 is 18.8 Å². The molecular formula is C22H24N2O5S. The van der Waals surface area contributed by atoms with Crippen LogP contribution in [-0.4, -0.2) is 25.6 Å². The third-order valence-electron chi connectivity index (χ3n) is 4.38. The van der Waals surface area contributed by atoms with Gasteiger partial charge in [0.2, 0.25) is 0 Å². The average Bonchev–Trinajstić information content (AvgIpc) is 3.17. The van der Waals surface area contributed by atoms with E-state index < -0.39 is 10.1 Å². The van der Waals surface area contributed by atoms with E-state index in [1.165, 1.54) is 0 Å². The van der Waals surface area contributed by atoms with Gasteiger partial charge in [0.1, 0.15) is 11.5 Å². The fourth-order valence-corrected chi connectivity index (χ4v) is 3.44. The topological polar surface area (TPSA) is 88.9 Å². The van der Waals surface area contributed by atoms with Crippen LogP contribution in [0.5, 0.6) is 5.75 Å². The minimum atomic E-state index is -3.59. The van der Waals surface area contributed by atoms with Gasteiger partial charge >= 0.3 is 16.1 Å². The summed E-state index contributed by atoms with van der Waals surface area (Å²) < 4.78 is 32.8. The van der Waals surface area contributed by atoms with Gasteiger partial charge in [0.15, 0.2) is 0 Å². The van der Waals surface area contributed by atoms with Gasteiger partial charge in [-0.1, -0.05) is 29.8 Å². The van der Waals surface area contributed by atoms with Crippen molar-refractivity contribution >= 4 is 21.8 Å². The van der Waals surface area contributed by atoms with Crippen LogP contribution in [0.3, 0.4) is 0 Å². The van der Waals surface area contributed by atoms with Crippen molar-refractivity contribution in [2.24, 2.45) is 0 Å². The molecular weight excluding hydrogens is 404 g/mol. The Balaban J connectivity index is 1.77. The molecule has 3 aromatic rings. The molecule has 3 rings (SSSR count). The van der Waals surface area contributed by atoms with Gasteiger partial charge in [0.25, 0.3) is 0 Å². The maximum Gasteiger partial charge on any atom is 0.322 e. The third-order valence-corrected chi connectivity index (χ3v) is 4.88. The molecule has 30 heavy (non-hydrogen) atoms. The van der Waals surface area contributed by atoms with Gasteiger partial charge in [-0.3, -0.25) is 0 Å². The first-order chi connectivity index (χ1) is 14.2. The van der Waals surface area contributed by atoms with Crippen LogP contribution in [0.1, 0.15) is 22.5 Å². The molecule has 8 heteroatoms. The summed E-state index contributed by atoms with van der Waals surface area (Å²) in [7, 11) is -3.59. The quantitative estimate of drug-likeness (QED) is 0.561. The van der Waals surface area contributed by atoms with Crippen molar-refractivity contribution in [3.8, 4) is 5.75 Å². The number of anilines is 1. The van der Waals surface area contributed by atoms with Crippen molar-refractivity contribution in [1.82, 2.24) is 4.90 Å². The van der Waals surface area contributed by atoms with Gasteiger partial charge in [0.05, 0.1) is 19.1 Å². The molecule has 0 aliphatic carbocycles. The van der Waals surface area contributed by atoms with Crippen LogP contribution < -0.4 is 9.50 Å². The molecule has 2 amide bonds. The summed E-state index contributed by atoms with van der Waals surface area (Å²) in [5.74, 6) is 0.876. The van der Waals surface area contributed by atoms with Gasteiger partial charge in [-0.05, 0) is 55.3 Å². The molecule has 0 fully saturated rings. The van der Waals surface area contributed by atoms with Crippen LogP contribution in [0.2, 0.25) is 0 Å². The van der Waals surface area contributed by atoms with E-state index in [0.717, 1.165) is 28.6 Å². The predicted octanol–water partition coefficient (Wildman–Crippen LogP) is 4.47. The molecule has 1 N–H and O–H groups in total. The van der Waals surface area contributed by atoms with Crippen LogP contribution >= 0.6 is 0 Å². The maximum absolute atomic E-state index is 13.0. The summed E-state index contributed by atoms with van der Waals surface area (Å²) in [6.45, 7) is 4.53. The minimum Gasteiger partial charge on any atom is -0.467 e. The number of nitrogens with zero attached hydrogens (tertiary/aromatic N) is 1. The smallest absolute Gasteiger partial charge is 0.322 e. The molecule has 0 aliphatic heterocycles. The van der Waals surface area contributed by atoms with Crippen molar-refractivity contribution < 1.29 is 21.8 Å². The van der Waals surface area contributed by atoms with Crippen LogP contribution in [-0.2, 0) is 23.2 Å². The molecule has 0 bridgehead atoms. The second-order valence-electron chi connectivity index (χ2n) is 7.12. The average molecular weight is 429 g/mol. The largest absolute Gasteiger partial charge is 0.467 e. The number of carbonyl (C=O) groups excluding carboxylic acids is 1. The number of furan rings is 1. The van der Waals surface area contributed by atoms with Crippen molar-refractivity contribution in [2.75, 3.05) is 11.6 Å². The molecule has 0 atom stereocenters. The highest BCUT2D eigenvalue weighted by Crippen LogP contribution is 2.20. The molecule has 0 saturated carbocycles. The van der Waals surface area contributed by atoms with E-state index >= 15 is 0 Å². The summed E-state index contributed by atoms with van der Waals surface area (Å²) in [4.78, 5) is 14.6. The Labute approximate surface area is 176 Å². The van der Waals surface area contributed by atoms with E-state index in [9.17, 15) is 13.2 Å². The van der Waals surface area contributed by atoms with Crippen molar-refractivity contribution in [2.45, 2.75) is 26.9 Å². The van der Waals surface area contributed by atoms with Crippen molar-refractivity contribution in [1.29, 1.82) is 0 Å². The Bertz CT molecular complexity index is 1110. The van der Waals surface area contributed by atoms with Crippen molar-refractivity contribution in [3.05, 3.63) is 83.3 Å². The molecule has 0 radical (unpaired) electrons. The predicted molar refractivity (Wildman–Crippen MR) is 115 cm³/mol. The molecule has 1 aromatic heterocycles. The van der Waals surface area contributed by atoms with E-state index in [-0.39, 0.29) is 18.3 Å². The Hall–Kier alpha value is -3.26. The van der Waals surface area contributed by atoms with Crippen LogP contribution in [0.25, 0.3) is 0 Å². The lowest BCUT2D eigenvalue weighted by Crippen LogP contribution is -2.34. The summed E-state index contributed by atoms with van der Waals surface area (Å²) in [5, 5.41) is 2.95. The highest BCUT2D eigenvalue weighted by Gasteiger charge is 2.17. The van der Waals surface area contributed by atoms with Crippen LogP contribution in [0.4, 0.5) is 10.5 Å². The van der Waals surface area contributed by atoms with Gasteiger partial charge in [0, 0.05) is 12.2 Å². The number of amides is 2. The first-order valence-corrected chi connectivity index (χ1v) is 11.2. The van der Waals surface area contributed by atoms with Crippen LogP contribution in [0, 0.1) is 13.8 Å². The Morgan fingerprint density at radius 3 is 2.40 bits per heavy atom. The van der Waals surface area contributed by atoms with Gasteiger partial charge in [-0.2, -0.15) is 8.42 Å². The zero-order valence-corrected chi connectivity index (χ0v) is 17.9. The lowest BCUT2D eigenvalue weighted by Gasteiger charge is -2.23. The summed E-state index contributed by atoms with van der Waals surface area (Å²) in [5.41, 5.74) is 3.66. The molecule has 0 saturated heterocycles. The van der Waals surface area contributed by atoms with E-state index in [2.05, 4.69) is 5.32 Å². The molecule has 0 spiro atoms.